The van der Waals surface area contributed by atoms with Crippen LogP contribution in [0.4, 0.5) is 0 Å². The van der Waals surface area contributed by atoms with E-state index in [4.69, 9.17) is 9.98 Å². The molecule has 4 aliphatic rings. The molecule has 0 spiro atoms. The van der Waals surface area contributed by atoms with Crippen molar-refractivity contribution < 1.29 is 0 Å². The molecule has 6 rings (SSSR count). The first-order valence-corrected chi connectivity index (χ1v) is 11.8. The number of nitrogens with zero attached hydrogens (tertiary/aromatic N) is 4. The van der Waals surface area contributed by atoms with Crippen molar-refractivity contribution in [2.45, 2.75) is 12.1 Å². The minimum atomic E-state index is 0.374. The van der Waals surface area contributed by atoms with Crippen LogP contribution in [0.1, 0.15) is 23.2 Å². The molecule has 1 unspecified atom stereocenters. The Hall–Kier alpha value is -1.92. The summed E-state index contributed by atoms with van der Waals surface area (Å²) in [6.07, 6.45) is 0. The standard InChI is InChI=1S/2C11H12N2S/c2*1-2-4-9(5-3-1)10-8-13-6-7-14-11(13)12-10/h2*1-5,10H,6-8H2/t10-;/m1./s1. The number of thioether (sulfide) groups is 2. The van der Waals surface area contributed by atoms with Crippen molar-refractivity contribution in [1.82, 2.24) is 9.80 Å². The highest BCUT2D eigenvalue weighted by molar-refractivity contribution is 8.14. The van der Waals surface area contributed by atoms with Crippen LogP contribution in [0.3, 0.4) is 0 Å². The van der Waals surface area contributed by atoms with Gasteiger partial charge < -0.3 is 9.80 Å². The molecular formula is C22H24N4S2. The molecule has 0 aromatic heterocycles. The predicted molar refractivity (Wildman–Crippen MR) is 121 cm³/mol. The molecule has 0 bridgehead atoms. The molecule has 0 amide bonds. The van der Waals surface area contributed by atoms with Crippen molar-refractivity contribution in [3.63, 3.8) is 0 Å². The number of hydrogen-bond donors (Lipinski definition) is 0. The molecule has 4 aliphatic heterocycles. The molecule has 2 aromatic rings. The summed E-state index contributed by atoms with van der Waals surface area (Å²) in [5.41, 5.74) is 2.69. The normalized spacial score (nSPS) is 25.0. The summed E-state index contributed by atoms with van der Waals surface area (Å²) in [6, 6.07) is 21.9. The lowest BCUT2D eigenvalue weighted by Crippen LogP contribution is -2.21. The van der Waals surface area contributed by atoms with Gasteiger partial charge in [0.05, 0.1) is 12.1 Å². The van der Waals surface area contributed by atoms with Crippen LogP contribution in [0, 0.1) is 0 Å². The summed E-state index contributed by atoms with van der Waals surface area (Å²) in [5.74, 6) is 2.42. The van der Waals surface area contributed by atoms with E-state index in [1.54, 1.807) is 0 Å². The highest BCUT2D eigenvalue weighted by Gasteiger charge is 2.30. The number of rotatable bonds is 2. The van der Waals surface area contributed by atoms with Gasteiger partial charge in [-0.15, -0.1) is 0 Å². The molecule has 2 saturated heterocycles. The van der Waals surface area contributed by atoms with E-state index in [2.05, 4.69) is 70.5 Å². The maximum absolute atomic E-state index is 4.73. The lowest BCUT2D eigenvalue weighted by atomic mass is 10.1. The van der Waals surface area contributed by atoms with Gasteiger partial charge in [0.15, 0.2) is 10.3 Å². The lowest BCUT2D eigenvalue weighted by Gasteiger charge is -2.12. The van der Waals surface area contributed by atoms with E-state index in [9.17, 15) is 0 Å². The smallest absolute Gasteiger partial charge is 0.160 e. The topological polar surface area (TPSA) is 31.2 Å². The molecule has 0 aliphatic carbocycles. The second kappa shape index (κ2) is 8.21. The highest BCUT2D eigenvalue weighted by atomic mass is 32.2. The van der Waals surface area contributed by atoms with Gasteiger partial charge >= 0.3 is 0 Å². The summed E-state index contributed by atoms with van der Waals surface area (Å²) in [4.78, 5) is 14.2. The van der Waals surface area contributed by atoms with Gasteiger partial charge in [0, 0.05) is 37.7 Å². The monoisotopic (exact) mass is 408 g/mol. The average Bonchev–Trinajstić information content (AvgIpc) is 3.50. The van der Waals surface area contributed by atoms with Crippen LogP contribution in [0.5, 0.6) is 0 Å². The second-order valence-corrected chi connectivity index (χ2v) is 9.39. The third kappa shape index (κ3) is 3.80. The van der Waals surface area contributed by atoms with Crippen LogP contribution in [0.25, 0.3) is 0 Å². The van der Waals surface area contributed by atoms with Gasteiger partial charge in [-0.05, 0) is 11.1 Å². The molecule has 4 heterocycles. The Morgan fingerprint density at radius 3 is 1.46 bits per heavy atom. The van der Waals surface area contributed by atoms with Crippen LogP contribution in [-0.4, -0.2) is 57.8 Å². The van der Waals surface area contributed by atoms with E-state index in [0.29, 0.717) is 12.1 Å². The van der Waals surface area contributed by atoms with E-state index < -0.39 is 0 Å². The molecule has 0 radical (unpaired) electrons. The third-order valence-corrected chi connectivity index (χ3v) is 7.43. The SMILES string of the molecule is c1ccc(C2CN3CCSC3=N2)cc1.c1ccc([C@H]2CN3CCSC3=N2)cc1. The summed E-state index contributed by atoms with van der Waals surface area (Å²) in [7, 11) is 0. The van der Waals surface area contributed by atoms with Gasteiger partial charge in [0.25, 0.3) is 0 Å². The van der Waals surface area contributed by atoms with Crippen LogP contribution in [-0.2, 0) is 0 Å². The Morgan fingerprint density at radius 1 is 0.643 bits per heavy atom. The van der Waals surface area contributed by atoms with E-state index in [-0.39, 0.29) is 0 Å². The Labute approximate surface area is 175 Å². The van der Waals surface area contributed by atoms with E-state index >= 15 is 0 Å². The Kier molecular flexibility index (Phi) is 5.32. The first-order valence-electron chi connectivity index (χ1n) is 9.88. The van der Waals surface area contributed by atoms with E-state index in [0.717, 1.165) is 13.1 Å². The third-order valence-electron chi connectivity index (χ3n) is 5.41. The van der Waals surface area contributed by atoms with Gasteiger partial charge in [-0.1, -0.05) is 84.2 Å². The number of aliphatic imine (C=N–C) groups is 2. The molecule has 0 N–H and O–H groups in total. The van der Waals surface area contributed by atoms with Gasteiger partial charge in [-0.3, -0.25) is 9.98 Å². The van der Waals surface area contributed by atoms with Gasteiger partial charge in [0.1, 0.15) is 0 Å². The van der Waals surface area contributed by atoms with E-state index in [1.807, 2.05) is 23.5 Å². The average molecular weight is 409 g/mol. The lowest BCUT2D eigenvalue weighted by molar-refractivity contribution is 0.464. The Balaban J connectivity index is 0.000000122. The maximum Gasteiger partial charge on any atom is 0.160 e. The van der Waals surface area contributed by atoms with Crippen LogP contribution in [0.2, 0.25) is 0 Å². The zero-order valence-corrected chi connectivity index (χ0v) is 17.4. The molecule has 28 heavy (non-hydrogen) atoms. The van der Waals surface area contributed by atoms with Gasteiger partial charge in [-0.2, -0.15) is 0 Å². The van der Waals surface area contributed by atoms with Gasteiger partial charge in [0.2, 0.25) is 0 Å². The molecule has 2 fully saturated rings. The van der Waals surface area contributed by atoms with Crippen LogP contribution < -0.4 is 0 Å². The fourth-order valence-electron chi connectivity index (χ4n) is 3.92. The van der Waals surface area contributed by atoms with Crippen molar-refractivity contribution in [2.75, 3.05) is 37.7 Å². The fourth-order valence-corrected chi connectivity index (χ4v) is 6.01. The first-order chi connectivity index (χ1) is 13.9. The molecule has 2 atom stereocenters. The predicted octanol–water partition coefficient (Wildman–Crippen LogP) is 4.29. The first kappa shape index (κ1) is 18.1. The molecular weight excluding hydrogens is 384 g/mol. The zero-order chi connectivity index (χ0) is 18.8. The van der Waals surface area contributed by atoms with Crippen molar-refractivity contribution in [3.05, 3.63) is 71.8 Å². The fraction of sp³-hybridized carbons (Fsp3) is 0.364. The molecule has 6 heteroatoms. The quantitative estimate of drug-likeness (QED) is 0.742. The minimum absolute atomic E-state index is 0.374. The van der Waals surface area contributed by atoms with Crippen molar-refractivity contribution >= 4 is 33.9 Å². The van der Waals surface area contributed by atoms with Crippen molar-refractivity contribution in [2.24, 2.45) is 9.98 Å². The van der Waals surface area contributed by atoms with Crippen molar-refractivity contribution in [3.8, 4) is 0 Å². The second-order valence-electron chi connectivity index (χ2n) is 7.27. The van der Waals surface area contributed by atoms with Crippen molar-refractivity contribution in [1.29, 1.82) is 0 Å². The number of fused-ring (bicyclic) bond motifs is 2. The molecule has 0 saturated carbocycles. The van der Waals surface area contributed by atoms with Crippen LogP contribution >= 0.6 is 23.5 Å². The number of benzene rings is 2. The number of hydrogen-bond acceptors (Lipinski definition) is 6. The molecule has 2 aromatic carbocycles. The summed E-state index contributed by atoms with van der Waals surface area (Å²) < 4.78 is 0. The van der Waals surface area contributed by atoms with E-state index in [1.165, 1.54) is 46.1 Å². The molecule has 144 valence electrons. The Morgan fingerprint density at radius 2 is 1.07 bits per heavy atom. The largest absolute Gasteiger partial charge is 0.348 e. The van der Waals surface area contributed by atoms with Gasteiger partial charge in [-0.25, -0.2) is 0 Å². The zero-order valence-electron chi connectivity index (χ0n) is 15.8. The summed E-state index contributed by atoms with van der Waals surface area (Å²) in [5, 5.41) is 2.50. The minimum Gasteiger partial charge on any atom is -0.348 e. The highest BCUT2D eigenvalue weighted by Crippen LogP contribution is 2.32. The maximum atomic E-state index is 4.73. The van der Waals surface area contributed by atoms with Crippen LogP contribution in [0.15, 0.2) is 70.6 Å². The summed E-state index contributed by atoms with van der Waals surface area (Å²) in [6.45, 7) is 4.50. The molecule has 4 nitrogen and oxygen atoms in total. The number of amidine groups is 2. The Bertz CT molecular complexity index is 795. The summed E-state index contributed by atoms with van der Waals surface area (Å²) >= 11 is 3.77.